The predicted molar refractivity (Wildman–Crippen MR) is 69.9 cm³/mol. The van der Waals surface area contributed by atoms with Crippen molar-refractivity contribution in [2.45, 2.75) is 12.8 Å². The highest BCUT2D eigenvalue weighted by Gasteiger charge is 2.24. The van der Waals surface area contributed by atoms with Crippen LogP contribution in [-0.2, 0) is 4.74 Å². The zero-order valence-electron chi connectivity index (χ0n) is 10.5. The molecule has 0 unspecified atom stereocenters. The van der Waals surface area contributed by atoms with E-state index in [1.54, 1.807) is 19.2 Å². The van der Waals surface area contributed by atoms with E-state index < -0.39 is 0 Å². The van der Waals surface area contributed by atoms with Crippen molar-refractivity contribution in [3.05, 3.63) is 34.4 Å². The number of benzene rings is 1. The van der Waals surface area contributed by atoms with E-state index in [9.17, 15) is 10.1 Å². The molecule has 0 bridgehead atoms. The van der Waals surface area contributed by atoms with Crippen molar-refractivity contribution < 1.29 is 9.66 Å². The third kappa shape index (κ3) is 2.79. The summed E-state index contributed by atoms with van der Waals surface area (Å²) in [6.07, 6.45) is 2.19. The first-order valence-corrected chi connectivity index (χ1v) is 6.19. The Kier molecular flexibility index (Phi) is 4.15. The molecule has 0 saturated carbocycles. The molecule has 1 aromatic carbocycles. The molecule has 1 aromatic rings. The summed E-state index contributed by atoms with van der Waals surface area (Å²) in [5.41, 5.74) is 0.916. The molecular weight excluding hydrogens is 232 g/mol. The van der Waals surface area contributed by atoms with Gasteiger partial charge in [-0.1, -0.05) is 12.1 Å². The van der Waals surface area contributed by atoms with Gasteiger partial charge in [0.2, 0.25) is 0 Å². The molecule has 0 aromatic heterocycles. The number of hydrogen-bond acceptors (Lipinski definition) is 4. The topological polar surface area (TPSA) is 55.6 Å². The first-order valence-electron chi connectivity index (χ1n) is 6.19. The molecule has 98 valence electrons. The van der Waals surface area contributed by atoms with Gasteiger partial charge in [0.05, 0.1) is 11.5 Å². The molecule has 1 aliphatic heterocycles. The van der Waals surface area contributed by atoms with Crippen molar-refractivity contribution in [3.8, 4) is 0 Å². The molecule has 5 nitrogen and oxygen atoms in total. The molecule has 0 N–H and O–H groups in total. The first kappa shape index (κ1) is 12.8. The number of nitro groups is 1. The van der Waals surface area contributed by atoms with E-state index in [-0.39, 0.29) is 10.6 Å². The van der Waals surface area contributed by atoms with Crippen molar-refractivity contribution in [2.24, 2.45) is 5.92 Å². The van der Waals surface area contributed by atoms with Crippen LogP contribution in [0.3, 0.4) is 0 Å². The fourth-order valence-electron chi connectivity index (χ4n) is 2.54. The molecule has 1 aliphatic rings. The van der Waals surface area contributed by atoms with Gasteiger partial charge in [-0.2, -0.15) is 0 Å². The van der Waals surface area contributed by atoms with E-state index >= 15 is 0 Å². The van der Waals surface area contributed by atoms with Gasteiger partial charge in [-0.05, 0) is 24.8 Å². The average Bonchev–Trinajstić information content (AvgIpc) is 2.39. The number of nitro benzene ring substituents is 1. The SMILES string of the molecule is COC[C@H]1CCCN(c2ccccc2[N+](=O)[O-])C1. The summed E-state index contributed by atoms with van der Waals surface area (Å²) in [5.74, 6) is 0.462. The summed E-state index contributed by atoms with van der Waals surface area (Å²) in [4.78, 5) is 12.8. The number of piperidine rings is 1. The number of hydrogen-bond donors (Lipinski definition) is 0. The maximum absolute atomic E-state index is 11.0. The number of methoxy groups -OCH3 is 1. The van der Waals surface area contributed by atoms with Crippen LogP contribution in [0.2, 0.25) is 0 Å². The van der Waals surface area contributed by atoms with Gasteiger partial charge < -0.3 is 9.64 Å². The number of nitrogens with zero attached hydrogens (tertiary/aromatic N) is 2. The second-order valence-corrected chi connectivity index (χ2v) is 4.66. The minimum atomic E-state index is -0.310. The summed E-state index contributed by atoms with van der Waals surface area (Å²) < 4.78 is 5.18. The normalized spacial score (nSPS) is 19.8. The lowest BCUT2D eigenvalue weighted by Gasteiger charge is -2.33. The third-order valence-corrected chi connectivity index (χ3v) is 3.34. The minimum Gasteiger partial charge on any atom is -0.384 e. The zero-order chi connectivity index (χ0) is 13.0. The fourth-order valence-corrected chi connectivity index (χ4v) is 2.54. The van der Waals surface area contributed by atoms with Crippen LogP contribution in [0.5, 0.6) is 0 Å². The molecule has 1 saturated heterocycles. The second kappa shape index (κ2) is 5.82. The smallest absolute Gasteiger partial charge is 0.292 e. The summed E-state index contributed by atoms with van der Waals surface area (Å²) in [7, 11) is 1.70. The number of anilines is 1. The van der Waals surface area contributed by atoms with Gasteiger partial charge in [0, 0.05) is 26.3 Å². The minimum absolute atomic E-state index is 0.190. The highest BCUT2D eigenvalue weighted by atomic mass is 16.6. The van der Waals surface area contributed by atoms with E-state index in [1.807, 2.05) is 12.1 Å². The van der Waals surface area contributed by atoms with Crippen molar-refractivity contribution >= 4 is 11.4 Å². The monoisotopic (exact) mass is 250 g/mol. The van der Waals surface area contributed by atoms with Crippen molar-refractivity contribution in [3.63, 3.8) is 0 Å². The van der Waals surface area contributed by atoms with Gasteiger partial charge in [-0.3, -0.25) is 10.1 Å². The molecule has 1 heterocycles. The molecule has 0 spiro atoms. The van der Waals surface area contributed by atoms with Crippen LogP contribution in [0.4, 0.5) is 11.4 Å². The molecular formula is C13H18N2O3. The van der Waals surface area contributed by atoms with Crippen LogP contribution >= 0.6 is 0 Å². The quantitative estimate of drug-likeness (QED) is 0.608. The van der Waals surface area contributed by atoms with Crippen LogP contribution in [0.15, 0.2) is 24.3 Å². The lowest BCUT2D eigenvalue weighted by atomic mass is 9.98. The molecule has 0 aliphatic carbocycles. The highest BCUT2D eigenvalue weighted by Crippen LogP contribution is 2.31. The number of rotatable bonds is 4. The zero-order valence-corrected chi connectivity index (χ0v) is 10.5. The average molecular weight is 250 g/mol. The Balaban J connectivity index is 2.18. The van der Waals surface area contributed by atoms with Crippen molar-refractivity contribution in [2.75, 3.05) is 31.7 Å². The van der Waals surface area contributed by atoms with Crippen molar-refractivity contribution in [1.29, 1.82) is 0 Å². The Bertz CT molecular complexity index is 420. The number of ether oxygens (including phenoxy) is 1. The molecule has 0 radical (unpaired) electrons. The third-order valence-electron chi connectivity index (χ3n) is 3.34. The Labute approximate surface area is 107 Å². The van der Waals surface area contributed by atoms with Crippen LogP contribution in [0, 0.1) is 16.0 Å². The Morgan fingerprint density at radius 3 is 3.00 bits per heavy atom. The second-order valence-electron chi connectivity index (χ2n) is 4.66. The Hall–Kier alpha value is -1.62. The summed E-state index contributed by atoms with van der Waals surface area (Å²) in [6, 6.07) is 6.95. The standard InChI is InChI=1S/C13H18N2O3/c1-18-10-11-5-4-8-14(9-11)12-6-2-3-7-13(12)15(16)17/h2-3,6-7,11H,4-5,8-10H2,1H3/t11-/m0/s1. The molecule has 5 heteroatoms. The lowest BCUT2D eigenvalue weighted by molar-refractivity contribution is -0.384. The van der Waals surface area contributed by atoms with E-state index in [0.29, 0.717) is 5.92 Å². The van der Waals surface area contributed by atoms with Crippen LogP contribution in [0.1, 0.15) is 12.8 Å². The van der Waals surface area contributed by atoms with Gasteiger partial charge >= 0.3 is 0 Å². The maximum atomic E-state index is 11.0. The maximum Gasteiger partial charge on any atom is 0.292 e. The lowest BCUT2D eigenvalue weighted by Crippen LogP contribution is -2.37. The molecule has 2 rings (SSSR count). The Morgan fingerprint density at radius 1 is 1.50 bits per heavy atom. The van der Waals surface area contributed by atoms with E-state index in [4.69, 9.17) is 4.74 Å². The molecule has 0 amide bonds. The molecule has 18 heavy (non-hydrogen) atoms. The largest absolute Gasteiger partial charge is 0.384 e. The highest BCUT2D eigenvalue weighted by molar-refractivity contribution is 5.63. The summed E-state index contributed by atoms with van der Waals surface area (Å²) in [6.45, 7) is 2.43. The molecule has 1 fully saturated rings. The van der Waals surface area contributed by atoms with Crippen LogP contribution < -0.4 is 4.90 Å². The Morgan fingerprint density at radius 2 is 2.28 bits per heavy atom. The van der Waals surface area contributed by atoms with Gasteiger partial charge in [-0.25, -0.2) is 0 Å². The van der Waals surface area contributed by atoms with E-state index in [2.05, 4.69) is 4.90 Å². The van der Waals surface area contributed by atoms with Gasteiger partial charge in [0.15, 0.2) is 0 Å². The van der Waals surface area contributed by atoms with Gasteiger partial charge in [-0.15, -0.1) is 0 Å². The molecule has 1 atom stereocenters. The number of para-hydroxylation sites is 2. The summed E-state index contributed by atoms with van der Waals surface area (Å²) in [5, 5.41) is 11.0. The van der Waals surface area contributed by atoms with Gasteiger partial charge in [0.1, 0.15) is 5.69 Å². The first-order chi connectivity index (χ1) is 8.72. The van der Waals surface area contributed by atoms with Gasteiger partial charge in [0.25, 0.3) is 5.69 Å². The van der Waals surface area contributed by atoms with E-state index in [1.165, 1.54) is 0 Å². The van der Waals surface area contributed by atoms with Crippen LogP contribution in [-0.4, -0.2) is 31.7 Å². The fraction of sp³-hybridized carbons (Fsp3) is 0.538. The van der Waals surface area contributed by atoms with Crippen LogP contribution in [0.25, 0.3) is 0 Å². The van der Waals surface area contributed by atoms with Crippen molar-refractivity contribution in [1.82, 2.24) is 0 Å². The van der Waals surface area contributed by atoms with E-state index in [0.717, 1.165) is 38.2 Å². The predicted octanol–water partition coefficient (Wildman–Crippen LogP) is 2.46. The summed E-state index contributed by atoms with van der Waals surface area (Å²) >= 11 is 0.